The first-order valence-electron chi connectivity index (χ1n) is 5.08. The maximum Gasteiger partial charge on any atom is 0.302 e. The first kappa shape index (κ1) is 13.9. The zero-order valence-electron chi connectivity index (χ0n) is 9.28. The van der Waals surface area contributed by atoms with E-state index in [1.807, 2.05) is 0 Å². The monoisotopic (exact) mass is 217 g/mol. The standard InChI is InChI=1S/C10H19NO4/c1-8(13)11-7-10(15-9(2)14)5-3-4-6-12/h10,12H,3-7H2,1-2H3,(H,11,13). The average molecular weight is 217 g/mol. The Kier molecular flexibility index (Phi) is 7.62. The van der Waals surface area contributed by atoms with E-state index in [-0.39, 0.29) is 24.6 Å². The van der Waals surface area contributed by atoms with Crippen LogP contribution in [0.25, 0.3) is 0 Å². The van der Waals surface area contributed by atoms with Crippen LogP contribution in [0.15, 0.2) is 0 Å². The predicted octanol–water partition coefficient (Wildman–Crippen LogP) is 0.217. The van der Waals surface area contributed by atoms with Crippen molar-refractivity contribution in [2.45, 2.75) is 39.2 Å². The first-order chi connectivity index (χ1) is 7.06. The zero-order valence-corrected chi connectivity index (χ0v) is 9.28. The smallest absolute Gasteiger partial charge is 0.302 e. The molecule has 0 aromatic carbocycles. The molecule has 0 saturated carbocycles. The SMILES string of the molecule is CC(=O)NCC(CCCCO)OC(C)=O. The fraction of sp³-hybridized carbons (Fsp3) is 0.800. The molecule has 1 amide bonds. The van der Waals surface area contributed by atoms with E-state index in [0.29, 0.717) is 19.4 Å². The van der Waals surface area contributed by atoms with Crippen LogP contribution >= 0.6 is 0 Å². The van der Waals surface area contributed by atoms with Crippen molar-refractivity contribution in [2.24, 2.45) is 0 Å². The van der Waals surface area contributed by atoms with Crippen LogP contribution < -0.4 is 5.32 Å². The summed E-state index contributed by atoms with van der Waals surface area (Å²) in [6.07, 6.45) is 1.81. The van der Waals surface area contributed by atoms with Crippen molar-refractivity contribution < 1.29 is 19.4 Å². The molecule has 0 aliphatic rings. The molecule has 0 aliphatic heterocycles. The number of unbranched alkanes of at least 4 members (excludes halogenated alkanes) is 1. The van der Waals surface area contributed by atoms with Crippen molar-refractivity contribution >= 4 is 11.9 Å². The lowest BCUT2D eigenvalue weighted by Gasteiger charge is -2.16. The molecule has 0 aromatic heterocycles. The molecule has 0 fully saturated rings. The second-order valence-electron chi connectivity index (χ2n) is 3.39. The molecule has 0 radical (unpaired) electrons. The summed E-state index contributed by atoms with van der Waals surface area (Å²) in [6, 6.07) is 0. The number of rotatable bonds is 7. The van der Waals surface area contributed by atoms with Gasteiger partial charge in [0.05, 0.1) is 6.54 Å². The number of nitrogens with one attached hydrogen (secondary N) is 1. The molecular formula is C10H19NO4. The second-order valence-corrected chi connectivity index (χ2v) is 3.39. The van der Waals surface area contributed by atoms with Gasteiger partial charge in [-0.15, -0.1) is 0 Å². The molecule has 5 heteroatoms. The maximum absolute atomic E-state index is 10.7. The third kappa shape index (κ3) is 9.21. The fourth-order valence-electron chi connectivity index (χ4n) is 1.18. The number of carbonyl (C=O) groups excluding carboxylic acids is 2. The number of esters is 1. The van der Waals surface area contributed by atoms with Crippen molar-refractivity contribution in [1.82, 2.24) is 5.32 Å². The number of aliphatic hydroxyl groups is 1. The summed E-state index contributed by atoms with van der Waals surface area (Å²) in [4.78, 5) is 21.4. The Balaban J connectivity index is 3.83. The number of amides is 1. The minimum absolute atomic E-state index is 0.132. The zero-order chi connectivity index (χ0) is 11.7. The molecule has 0 aliphatic carbocycles. The van der Waals surface area contributed by atoms with Gasteiger partial charge >= 0.3 is 5.97 Å². The average Bonchev–Trinajstić information content (AvgIpc) is 2.13. The van der Waals surface area contributed by atoms with E-state index in [0.717, 1.165) is 6.42 Å². The van der Waals surface area contributed by atoms with Crippen LogP contribution in [-0.4, -0.2) is 36.2 Å². The number of ether oxygens (including phenoxy) is 1. The second kappa shape index (κ2) is 8.23. The van der Waals surface area contributed by atoms with Gasteiger partial charge in [0.2, 0.25) is 5.91 Å². The molecule has 1 atom stereocenters. The molecule has 88 valence electrons. The minimum Gasteiger partial charge on any atom is -0.461 e. The molecule has 0 aromatic rings. The van der Waals surface area contributed by atoms with Crippen LogP contribution in [0, 0.1) is 0 Å². The van der Waals surface area contributed by atoms with Crippen molar-refractivity contribution in [3.8, 4) is 0 Å². The number of carbonyl (C=O) groups is 2. The summed E-state index contributed by atoms with van der Waals surface area (Å²) in [7, 11) is 0. The van der Waals surface area contributed by atoms with E-state index >= 15 is 0 Å². The molecule has 0 bridgehead atoms. The fourth-order valence-corrected chi connectivity index (χ4v) is 1.18. The highest BCUT2D eigenvalue weighted by atomic mass is 16.5. The summed E-state index contributed by atoms with van der Waals surface area (Å²) in [5, 5.41) is 11.2. The summed E-state index contributed by atoms with van der Waals surface area (Å²) in [5.41, 5.74) is 0. The summed E-state index contributed by atoms with van der Waals surface area (Å²) in [5.74, 6) is -0.497. The van der Waals surface area contributed by atoms with Gasteiger partial charge in [0.1, 0.15) is 6.10 Å². The van der Waals surface area contributed by atoms with Crippen LogP contribution in [0.2, 0.25) is 0 Å². The van der Waals surface area contributed by atoms with Crippen LogP contribution in [0.1, 0.15) is 33.1 Å². The highest BCUT2D eigenvalue weighted by molar-refractivity contribution is 5.72. The van der Waals surface area contributed by atoms with Crippen LogP contribution in [0.5, 0.6) is 0 Å². The van der Waals surface area contributed by atoms with E-state index in [9.17, 15) is 9.59 Å². The van der Waals surface area contributed by atoms with Gasteiger partial charge in [-0.2, -0.15) is 0 Å². The molecule has 0 spiro atoms. The Labute approximate surface area is 89.8 Å². The maximum atomic E-state index is 10.7. The Morgan fingerprint density at radius 2 is 2.00 bits per heavy atom. The van der Waals surface area contributed by atoms with E-state index in [4.69, 9.17) is 9.84 Å². The third-order valence-corrected chi connectivity index (χ3v) is 1.85. The largest absolute Gasteiger partial charge is 0.461 e. The Bertz CT molecular complexity index is 206. The lowest BCUT2D eigenvalue weighted by molar-refractivity contribution is -0.147. The molecule has 0 rings (SSSR count). The number of aliphatic hydroxyl groups excluding tert-OH is 1. The predicted molar refractivity (Wildman–Crippen MR) is 55.2 cm³/mol. The van der Waals surface area contributed by atoms with Gasteiger partial charge in [0.15, 0.2) is 0 Å². The quantitative estimate of drug-likeness (QED) is 0.472. The van der Waals surface area contributed by atoms with Gasteiger partial charge in [0.25, 0.3) is 0 Å². The Hall–Kier alpha value is -1.10. The Morgan fingerprint density at radius 1 is 1.33 bits per heavy atom. The van der Waals surface area contributed by atoms with Crippen molar-refractivity contribution in [3.05, 3.63) is 0 Å². The van der Waals surface area contributed by atoms with Crippen LogP contribution in [0.3, 0.4) is 0 Å². The minimum atomic E-state index is -0.352. The van der Waals surface area contributed by atoms with E-state index < -0.39 is 0 Å². The number of hydrogen-bond acceptors (Lipinski definition) is 4. The van der Waals surface area contributed by atoms with E-state index in [1.54, 1.807) is 0 Å². The molecular weight excluding hydrogens is 198 g/mol. The Morgan fingerprint density at radius 3 is 2.47 bits per heavy atom. The van der Waals surface area contributed by atoms with Gasteiger partial charge in [-0.25, -0.2) is 0 Å². The first-order valence-corrected chi connectivity index (χ1v) is 5.08. The highest BCUT2D eigenvalue weighted by Gasteiger charge is 2.11. The van der Waals surface area contributed by atoms with E-state index in [1.165, 1.54) is 13.8 Å². The molecule has 1 unspecified atom stereocenters. The van der Waals surface area contributed by atoms with Gasteiger partial charge in [-0.3, -0.25) is 9.59 Å². The van der Waals surface area contributed by atoms with Gasteiger partial charge < -0.3 is 15.2 Å². The molecule has 2 N–H and O–H groups in total. The summed E-state index contributed by atoms with van der Waals surface area (Å²) < 4.78 is 5.01. The lowest BCUT2D eigenvalue weighted by atomic mass is 10.1. The van der Waals surface area contributed by atoms with E-state index in [2.05, 4.69) is 5.32 Å². The topological polar surface area (TPSA) is 75.6 Å². The molecule has 0 saturated heterocycles. The molecule has 0 heterocycles. The highest BCUT2D eigenvalue weighted by Crippen LogP contribution is 2.04. The molecule has 15 heavy (non-hydrogen) atoms. The lowest BCUT2D eigenvalue weighted by Crippen LogP contribution is -2.33. The van der Waals surface area contributed by atoms with Crippen molar-refractivity contribution in [3.63, 3.8) is 0 Å². The van der Waals surface area contributed by atoms with Gasteiger partial charge in [-0.05, 0) is 19.3 Å². The van der Waals surface area contributed by atoms with Crippen molar-refractivity contribution in [2.75, 3.05) is 13.2 Å². The summed E-state index contributed by atoms with van der Waals surface area (Å²) >= 11 is 0. The molecule has 5 nitrogen and oxygen atoms in total. The normalized spacial score (nSPS) is 11.9. The van der Waals surface area contributed by atoms with Gasteiger partial charge in [0, 0.05) is 20.5 Å². The summed E-state index contributed by atoms with van der Waals surface area (Å²) in [6.45, 7) is 3.22. The van der Waals surface area contributed by atoms with Crippen LogP contribution in [0.4, 0.5) is 0 Å². The van der Waals surface area contributed by atoms with Crippen molar-refractivity contribution in [1.29, 1.82) is 0 Å². The number of hydrogen-bond donors (Lipinski definition) is 2. The third-order valence-electron chi connectivity index (χ3n) is 1.85. The van der Waals surface area contributed by atoms with Crippen LogP contribution in [-0.2, 0) is 14.3 Å². The van der Waals surface area contributed by atoms with Gasteiger partial charge in [-0.1, -0.05) is 0 Å².